The lowest BCUT2D eigenvalue weighted by atomic mass is 10.1. The summed E-state index contributed by atoms with van der Waals surface area (Å²) in [5.74, 6) is -0.654. The maximum atomic E-state index is 12.4. The van der Waals surface area contributed by atoms with E-state index in [0.29, 0.717) is 15.6 Å². The molecule has 0 saturated heterocycles. The number of hydrogen-bond donors (Lipinski definition) is 1. The lowest BCUT2D eigenvalue weighted by Gasteiger charge is -2.07. The van der Waals surface area contributed by atoms with Crippen molar-refractivity contribution in [2.24, 2.45) is 5.10 Å². The number of carbonyl (C=O) groups is 1. The molecular weight excluding hydrogens is 352 g/mol. The summed E-state index contributed by atoms with van der Waals surface area (Å²) in [6.07, 6.45) is -3.19. The Hall–Kier alpha value is -2.05. The molecule has 8 heteroatoms. The van der Waals surface area contributed by atoms with Gasteiger partial charge in [0.2, 0.25) is 0 Å². The van der Waals surface area contributed by atoms with Crippen LogP contribution in [0, 0.1) is 0 Å². The average molecular weight is 361 g/mol. The first-order valence-corrected chi connectivity index (χ1v) is 6.99. The van der Waals surface area contributed by atoms with Crippen molar-refractivity contribution in [3.8, 4) is 0 Å². The molecule has 0 saturated carbocycles. The number of hydrogen-bond acceptors (Lipinski definition) is 2. The second kappa shape index (κ2) is 7.02. The third kappa shape index (κ3) is 4.46. The van der Waals surface area contributed by atoms with Crippen LogP contribution in [0.3, 0.4) is 0 Å². The zero-order valence-electron chi connectivity index (χ0n) is 11.4. The van der Waals surface area contributed by atoms with Crippen molar-refractivity contribution in [2.75, 3.05) is 0 Å². The van der Waals surface area contributed by atoms with Crippen LogP contribution in [0.15, 0.2) is 47.6 Å². The average Bonchev–Trinajstić information content (AvgIpc) is 2.49. The molecule has 0 aliphatic rings. The first-order chi connectivity index (χ1) is 10.8. The highest BCUT2D eigenvalue weighted by molar-refractivity contribution is 6.38. The molecule has 0 radical (unpaired) electrons. The van der Waals surface area contributed by atoms with Gasteiger partial charge in [-0.2, -0.15) is 18.3 Å². The molecule has 2 rings (SSSR count). The quantitative estimate of drug-likeness (QED) is 0.621. The smallest absolute Gasteiger partial charge is 0.267 e. The molecular formula is C15H9Cl2F3N2O. The van der Waals surface area contributed by atoms with E-state index in [0.717, 1.165) is 24.3 Å². The van der Waals surface area contributed by atoms with Gasteiger partial charge >= 0.3 is 6.18 Å². The van der Waals surface area contributed by atoms with Crippen molar-refractivity contribution >= 4 is 35.3 Å². The van der Waals surface area contributed by atoms with Crippen molar-refractivity contribution < 1.29 is 18.0 Å². The van der Waals surface area contributed by atoms with E-state index in [9.17, 15) is 18.0 Å². The van der Waals surface area contributed by atoms with Gasteiger partial charge in [-0.15, -0.1) is 0 Å². The molecule has 1 amide bonds. The van der Waals surface area contributed by atoms with Crippen molar-refractivity contribution in [3.63, 3.8) is 0 Å². The first-order valence-electron chi connectivity index (χ1n) is 6.23. The molecule has 0 aromatic heterocycles. The maximum Gasteiger partial charge on any atom is 0.416 e. The molecule has 2 aromatic carbocycles. The number of carbonyl (C=O) groups excluding carboxylic acids is 1. The molecule has 0 aliphatic heterocycles. The van der Waals surface area contributed by atoms with Crippen LogP contribution >= 0.6 is 23.2 Å². The highest BCUT2D eigenvalue weighted by Gasteiger charge is 2.30. The minimum atomic E-state index is -4.45. The summed E-state index contributed by atoms with van der Waals surface area (Å²) < 4.78 is 37.3. The highest BCUT2D eigenvalue weighted by atomic mass is 35.5. The van der Waals surface area contributed by atoms with Crippen molar-refractivity contribution in [1.29, 1.82) is 0 Å². The predicted molar refractivity (Wildman–Crippen MR) is 83.0 cm³/mol. The van der Waals surface area contributed by atoms with Gasteiger partial charge < -0.3 is 0 Å². The van der Waals surface area contributed by atoms with E-state index < -0.39 is 17.6 Å². The first kappa shape index (κ1) is 17.3. The van der Waals surface area contributed by atoms with E-state index in [2.05, 4.69) is 10.5 Å². The summed E-state index contributed by atoms with van der Waals surface area (Å²) >= 11 is 11.9. The minimum Gasteiger partial charge on any atom is -0.267 e. The molecule has 0 aliphatic carbocycles. The molecule has 120 valence electrons. The SMILES string of the molecule is O=C(N/N=C/c1c(Cl)cccc1Cl)c1ccc(C(F)(F)F)cc1. The van der Waals surface area contributed by atoms with Crippen molar-refractivity contribution in [3.05, 3.63) is 69.2 Å². The summed E-state index contributed by atoms with van der Waals surface area (Å²) in [6, 6.07) is 8.64. The van der Waals surface area contributed by atoms with E-state index >= 15 is 0 Å². The van der Waals surface area contributed by atoms with Gasteiger partial charge in [0.05, 0.1) is 21.8 Å². The number of alkyl halides is 3. The molecule has 0 heterocycles. The number of amides is 1. The van der Waals surface area contributed by atoms with Crippen LogP contribution in [0.1, 0.15) is 21.5 Å². The Bertz CT molecular complexity index is 723. The Morgan fingerprint density at radius 1 is 1.04 bits per heavy atom. The Balaban J connectivity index is 2.06. The summed E-state index contributed by atoms with van der Waals surface area (Å²) in [5.41, 5.74) is 1.82. The molecule has 1 N–H and O–H groups in total. The van der Waals surface area contributed by atoms with Crippen molar-refractivity contribution in [1.82, 2.24) is 5.43 Å². The second-order valence-electron chi connectivity index (χ2n) is 4.41. The topological polar surface area (TPSA) is 41.5 Å². The van der Waals surface area contributed by atoms with Gasteiger partial charge in [0.25, 0.3) is 5.91 Å². The molecule has 0 bridgehead atoms. The van der Waals surface area contributed by atoms with Gasteiger partial charge in [0, 0.05) is 11.1 Å². The Morgan fingerprint density at radius 3 is 2.13 bits per heavy atom. The fourth-order valence-electron chi connectivity index (χ4n) is 1.66. The zero-order valence-corrected chi connectivity index (χ0v) is 12.9. The van der Waals surface area contributed by atoms with Crippen LogP contribution in [-0.2, 0) is 6.18 Å². The van der Waals surface area contributed by atoms with Crippen LogP contribution < -0.4 is 5.43 Å². The number of nitrogens with zero attached hydrogens (tertiary/aromatic N) is 1. The van der Waals surface area contributed by atoms with Crippen LogP contribution in [0.25, 0.3) is 0 Å². The number of nitrogens with one attached hydrogen (secondary N) is 1. The lowest BCUT2D eigenvalue weighted by molar-refractivity contribution is -0.137. The largest absolute Gasteiger partial charge is 0.416 e. The summed E-state index contributed by atoms with van der Waals surface area (Å²) in [4.78, 5) is 11.8. The summed E-state index contributed by atoms with van der Waals surface area (Å²) in [6.45, 7) is 0. The van der Waals surface area contributed by atoms with E-state index in [1.54, 1.807) is 18.2 Å². The molecule has 3 nitrogen and oxygen atoms in total. The minimum absolute atomic E-state index is 0.0420. The number of rotatable bonds is 3. The fourth-order valence-corrected chi connectivity index (χ4v) is 2.16. The molecule has 0 fully saturated rings. The van der Waals surface area contributed by atoms with Gasteiger partial charge in [-0.3, -0.25) is 4.79 Å². The third-order valence-electron chi connectivity index (χ3n) is 2.83. The molecule has 0 spiro atoms. The third-order valence-corrected chi connectivity index (χ3v) is 3.49. The number of halogens is 5. The van der Waals surface area contributed by atoms with Gasteiger partial charge in [-0.1, -0.05) is 29.3 Å². The van der Waals surface area contributed by atoms with Gasteiger partial charge in [-0.25, -0.2) is 5.43 Å². The normalized spacial score (nSPS) is 11.7. The van der Waals surface area contributed by atoms with Gasteiger partial charge in [0.1, 0.15) is 0 Å². The molecule has 0 unspecified atom stereocenters. The number of benzene rings is 2. The fraction of sp³-hybridized carbons (Fsp3) is 0.0667. The molecule has 0 atom stereocenters. The number of hydrazone groups is 1. The lowest BCUT2D eigenvalue weighted by Crippen LogP contribution is -2.18. The molecule has 23 heavy (non-hydrogen) atoms. The van der Waals surface area contributed by atoms with E-state index in [1.165, 1.54) is 6.21 Å². The van der Waals surface area contributed by atoms with Crippen molar-refractivity contribution in [2.45, 2.75) is 6.18 Å². The predicted octanol–water partition coefficient (Wildman–Crippen LogP) is 4.78. The summed E-state index contributed by atoms with van der Waals surface area (Å²) in [7, 11) is 0. The van der Waals surface area contributed by atoms with Gasteiger partial charge in [-0.05, 0) is 36.4 Å². The van der Waals surface area contributed by atoms with E-state index in [4.69, 9.17) is 23.2 Å². The monoisotopic (exact) mass is 360 g/mol. The Kier molecular flexibility index (Phi) is 5.28. The van der Waals surface area contributed by atoms with Crippen LogP contribution in [0.2, 0.25) is 10.0 Å². The maximum absolute atomic E-state index is 12.4. The highest BCUT2D eigenvalue weighted by Crippen LogP contribution is 2.29. The summed E-state index contributed by atoms with van der Waals surface area (Å²) in [5, 5.41) is 4.40. The Labute approximate surface area is 139 Å². The Morgan fingerprint density at radius 2 is 1.61 bits per heavy atom. The van der Waals surface area contributed by atoms with E-state index in [-0.39, 0.29) is 5.56 Å². The van der Waals surface area contributed by atoms with Gasteiger partial charge in [0.15, 0.2) is 0 Å². The standard InChI is InChI=1S/C15H9Cl2F3N2O/c16-12-2-1-3-13(17)11(12)8-21-22-14(23)9-4-6-10(7-5-9)15(18,19)20/h1-8H,(H,22,23)/b21-8+. The zero-order chi connectivity index (χ0) is 17.0. The molecule has 2 aromatic rings. The second-order valence-corrected chi connectivity index (χ2v) is 5.22. The van der Waals surface area contributed by atoms with Crippen LogP contribution in [0.4, 0.5) is 13.2 Å². The van der Waals surface area contributed by atoms with E-state index in [1.807, 2.05) is 0 Å². The van der Waals surface area contributed by atoms with Crippen LogP contribution in [0.5, 0.6) is 0 Å². The van der Waals surface area contributed by atoms with Crippen LogP contribution in [-0.4, -0.2) is 12.1 Å².